The van der Waals surface area contributed by atoms with E-state index in [-0.39, 0.29) is 5.82 Å². The van der Waals surface area contributed by atoms with Gasteiger partial charge in [-0.05, 0) is 37.6 Å². The van der Waals surface area contributed by atoms with E-state index < -0.39 is 26.9 Å². The quantitative estimate of drug-likeness (QED) is 0.270. The summed E-state index contributed by atoms with van der Waals surface area (Å²) in [5.41, 5.74) is 2.37. The molecule has 12 nitrogen and oxygen atoms in total. The van der Waals surface area contributed by atoms with Crippen molar-refractivity contribution < 1.29 is 27.4 Å². The van der Waals surface area contributed by atoms with Crippen LogP contribution in [0.3, 0.4) is 0 Å². The van der Waals surface area contributed by atoms with Crippen LogP contribution in [0, 0.1) is 6.92 Å². The highest BCUT2D eigenvalue weighted by molar-refractivity contribution is 7.91. The second-order valence-electron chi connectivity index (χ2n) is 8.69. The van der Waals surface area contributed by atoms with Gasteiger partial charge in [-0.3, -0.25) is 14.5 Å². The third-order valence-corrected chi connectivity index (χ3v) is 8.26. The SMILES string of the molecule is COc1cnc([C@@H](OC)[C@@H](C)S(=O)(=O)Cc2nnc(-c3cncc(C)c3)n2-c2c(OC)cccc2OC)cn1. The number of aromatic nitrogens is 6. The first-order valence-electron chi connectivity index (χ1n) is 11.9. The van der Waals surface area contributed by atoms with Crippen molar-refractivity contribution in [2.24, 2.45) is 0 Å². The number of sulfone groups is 1. The Kier molecular flexibility index (Phi) is 8.41. The van der Waals surface area contributed by atoms with Crippen LogP contribution in [0.25, 0.3) is 17.1 Å². The van der Waals surface area contributed by atoms with Gasteiger partial charge >= 0.3 is 0 Å². The number of benzene rings is 1. The number of pyridine rings is 1. The summed E-state index contributed by atoms with van der Waals surface area (Å²) in [6.07, 6.45) is 5.32. The van der Waals surface area contributed by atoms with Gasteiger partial charge in [0.05, 0.1) is 44.7 Å². The maximum Gasteiger partial charge on any atom is 0.231 e. The molecule has 3 heterocycles. The monoisotopic (exact) mass is 554 g/mol. The highest BCUT2D eigenvalue weighted by atomic mass is 32.2. The van der Waals surface area contributed by atoms with Gasteiger partial charge in [0.25, 0.3) is 0 Å². The van der Waals surface area contributed by atoms with E-state index in [4.69, 9.17) is 18.9 Å². The zero-order valence-electron chi connectivity index (χ0n) is 22.5. The summed E-state index contributed by atoms with van der Waals surface area (Å²) >= 11 is 0. The number of nitrogens with zero attached hydrogens (tertiary/aromatic N) is 6. The Balaban J connectivity index is 1.82. The van der Waals surface area contributed by atoms with Crippen LogP contribution in [-0.4, -0.2) is 71.8 Å². The van der Waals surface area contributed by atoms with Crippen molar-refractivity contribution in [3.05, 3.63) is 66.1 Å². The summed E-state index contributed by atoms with van der Waals surface area (Å²) < 4.78 is 51.1. The van der Waals surface area contributed by atoms with E-state index in [1.807, 2.05) is 13.0 Å². The minimum absolute atomic E-state index is 0.164. The highest BCUT2D eigenvalue weighted by Crippen LogP contribution is 2.37. The molecule has 0 N–H and O–H groups in total. The average Bonchev–Trinajstić information content (AvgIpc) is 3.35. The smallest absolute Gasteiger partial charge is 0.231 e. The highest BCUT2D eigenvalue weighted by Gasteiger charge is 2.35. The number of hydrogen-bond acceptors (Lipinski definition) is 11. The van der Waals surface area contributed by atoms with Crippen LogP contribution in [0.5, 0.6) is 17.4 Å². The van der Waals surface area contributed by atoms with E-state index in [1.54, 1.807) is 42.1 Å². The molecule has 3 aromatic heterocycles. The van der Waals surface area contributed by atoms with Gasteiger partial charge in [0.2, 0.25) is 5.88 Å². The molecule has 0 fully saturated rings. The van der Waals surface area contributed by atoms with Gasteiger partial charge in [0.1, 0.15) is 29.0 Å². The van der Waals surface area contributed by atoms with E-state index in [9.17, 15) is 8.42 Å². The molecule has 0 aliphatic heterocycles. The van der Waals surface area contributed by atoms with Crippen molar-refractivity contribution >= 4 is 9.84 Å². The third kappa shape index (κ3) is 5.68. The fourth-order valence-corrected chi connectivity index (χ4v) is 5.63. The number of hydrogen-bond donors (Lipinski definition) is 0. The maximum atomic E-state index is 13.8. The fraction of sp³-hybridized carbons (Fsp3) is 0.346. The Morgan fingerprint density at radius 2 is 1.64 bits per heavy atom. The van der Waals surface area contributed by atoms with Crippen molar-refractivity contribution in [3.63, 3.8) is 0 Å². The van der Waals surface area contributed by atoms with Crippen LogP contribution in [0.15, 0.2) is 49.1 Å². The van der Waals surface area contributed by atoms with E-state index in [1.165, 1.54) is 40.8 Å². The standard InChI is InChI=1S/C26H30N6O6S/c1-16-10-18(12-27-11-16)26-31-30-22(32(26)24-20(35-3)8-7-9-21(24)36-4)15-39(33,34)17(2)25(38-6)19-13-29-23(37-5)14-28-19/h7-14,17,25H,15H2,1-6H3/t17-,25+/m1/s1. The Labute approximate surface area is 226 Å². The van der Waals surface area contributed by atoms with Gasteiger partial charge in [0.15, 0.2) is 21.5 Å². The molecule has 206 valence electrons. The predicted molar refractivity (Wildman–Crippen MR) is 143 cm³/mol. The first-order chi connectivity index (χ1) is 18.7. The van der Waals surface area contributed by atoms with Crippen molar-refractivity contribution in [2.75, 3.05) is 28.4 Å². The van der Waals surface area contributed by atoms with Crippen LogP contribution in [0.4, 0.5) is 0 Å². The predicted octanol–water partition coefficient (Wildman–Crippen LogP) is 3.14. The van der Waals surface area contributed by atoms with Crippen LogP contribution >= 0.6 is 0 Å². The molecule has 0 saturated heterocycles. The molecular formula is C26H30N6O6S. The molecule has 39 heavy (non-hydrogen) atoms. The lowest BCUT2D eigenvalue weighted by atomic mass is 10.2. The first kappa shape index (κ1) is 27.9. The minimum atomic E-state index is -3.88. The Bertz CT molecular complexity index is 1520. The number of aryl methyl sites for hydroxylation is 1. The number of para-hydroxylation sites is 1. The Morgan fingerprint density at radius 1 is 0.923 bits per heavy atom. The lowest BCUT2D eigenvalue weighted by Crippen LogP contribution is -2.29. The van der Waals surface area contributed by atoms with Gasteiger partial charge in [-0.15, -0.1) is 10.2 Å². The van der Waals surface area contributed by atoms with E-state index >= 15 is 0 Å². The normalized spacial score (nSPS) is 13.1. The maximum absolute atomic E-state index is 13.8. The number of methoxy groups -OCH3 is 4. The largest absolute Gasteiger partial charge is 0.494 e. The van der Waals surface area contributed by atoms with Crippen LogP contribution in [0.1, 0.15) is 30.1 Å². The van der Waals surface area contributed by atoms with Crippen molar-refractivity contribution in [1.29, 1.82) is 0 Å². The van der Waals surface area contributed by atoms with E-state index in [0.717, 1.165) is 5.56 Å². The summed E-state index contributed by atoms with van der Waals surface area (Å²) in [5, 5.41) is 7.68. The van der Waals surface area contributed by atoms with Gasteiger partial charge < -0.3 is 18.9 Å². The number of rotatable bonds is 11. The van der Waals surface area contributed by atoms with Gasteiger partial charge in [-0.25, -0.2) is 13.4 Å². The lowest BCUT2D eigenvalue weighted by molar-refractivity contribution is 0.0982. The van der Waals surface area contributed by atoms with Crippen LogP contribution in [-0.2, 0) is 20.3 Å². The fourth-order valence-electron chi connectivity index (χ4n) is 4.19. The molecule has 4 aromatic rings. The van der Waals surface area contributed by atoms with Gasteiger partial charge in [-0.2, -0.15) is 0 Å². The molecule has 0 radical (unpaired) electrons. The second-order valence-corrected chi connectivity index (χ2v) is 11.0. The molecule has 0 aliphatic rings. The Hall–Kier alpha value is -4.10. The molecule has 4 rings (SSSR count). The molecule has 0 aliphatic carbocycles. The second kappa shape index (κ2) is 11.7. The summed E-state index contributed by atoms with van der Waals surface area (Å²) in [5.74, 6) is 1.30. The third-order valence-electron chi connectivity index (χ3n) is 6.21. The van der Waals surface area contributed by atoms with Gasteiger partial charge in [0, 0.05) is 25.1 Å². The Morgan fingerprint density at radius 3 is 2.21 bits per heavy atom. The molecule has 0 bridgehead atoms. The molecule has 0 saturated carbocycles. The van der Waals surface area contributed by atoms with E-state index in [0.29, 0.717) is 40.1 Å². The van der Waals surface area contributed by atoms with E-state index in [2.05, 4.69) is 25.1 Å². The molecular weight excluding hydrogens is 524 g/mol. The number of ether oxygens (including phenoxy) is 4. The van der Waals surface area contributed by atoms with Crippen molar-refractivity contribution in [2.45, 2.75) is 31.0 Å². The minimum Gasteiger partial charge on any atom is -0.494 e. The average molecular weight is 555 g/mol. The zero-order chi connectivity index (χ0) is 28.2. The zero-order valence-corrected chi connectivity index (χ0v) is 23.3. The topological polar surface area (TPSA) is 140 Å². The molecule has 0 unspecified atom stereocenters. The van der Waals surface area contributed by atoms with Crippen LogP contribution in [0.2, 0.25) is 0 Å². The summed E-state index contributed by atoms with van der Waals surface area (Å²) in [7, 11) is 2.06. The van der Waals surface area contributed by atoms with Gasteiger partial charge in [-0.1, -0.05) is 6.07 Å². The van der Waals surface area contributed by atoms with Crippen LogP contribution < -0.4 is 14.2 Å². The summed E-state index contributed by atoms with van der Waals surface area (Å²) in [4.78, 5) is 12.7. The molecule has 0 amide bonds. The van der Waals surface area contributed by atoms with Crippen molar-refractivity contribution in [3.8, 4) is 34.5 Å². The molecule has 0 spiro atoms. The molecule has 1 aromatic carbocycles. The summed E-state index contributed by atoms with van der Waals surface area (Å²) in [6, 6.07) is 7.16. The molecule has 2 atom stereocenters. The first-order valence-corrected chi connectivity index (χ1v) is 13.6. The summed E-state index contributed by atoms with van der Waals surface area (Å²) in [6.45, 7) is 3.46. The lowest BCUT2D eigenvalue weighted by Gasteiger charge is -2.22. The molecule has 13 heteroatoms. The van der Waals surface area contributed by atoms with Crippen molar-refractivity contribution in [1.82, 2.24) is 29.7 Å².